The summed E-state index contributed by atoms with van der Waals surface area (Å²) in [7, 11) is 0. The van der Waals surface area contributed by atoms with Crippen LogP contribution in [0.15, 0.2) is 53.3 Å². The lowest BCUT2D eigenvalue weighted by atomic mass is 10.2. The summed E-state index contributed by atoms with van der Waals surface area (Å²) in [4.78, 5) is 24.8. The largest absolute Gasteiger partial charge is 0.394 e. The Hall–Kier alpha value is -2.29. The lowest BCUT2D eigenvalue weighted by molar-refractivity contribution is -0.132. The Balaban J connectivity index is 1.85. The third kappa shape index (κ3) is 6.55. The maximum Gasteiger partial charge on any atom is 0.245 e. The van der Waals surface area contributed by atoms with Crippen LogP contribution in [0.4, 0.5) is 0 Å². The summed E-state index contributed by atoms with van der Waals surface area (Å²) in [6.45, 7) is 1.45. The lowest BCUT2D eigenvalue weighted by Gasteiger charge is -2.32. The van der Waals surface area contributed by atoms with E-state index in [2.05, 4.69) is 5.32 Å². The number of allylic oxidation sites excluding steroid dienone is 2. The molecule has 7 nitrogen and oxygen atoms in total. The zero-order chi connectivity index (χ0) is 18.8. The number of thioether (sulfide) groups is 1. The van der Waals surface area contributed by atoms with Gasteiger partial charge in [-0.15, -0.1) is 11.8 Å². The van der Waals surface area contributed by atoms with Gasteiger partial charge in [0.15, 0.2) is 0 Å². The number of ether oxygens (including phenoxy) is 1. The van der Waals surface area contributed by atoms with Crippen LogP contribution in [0.1, 0.15) is 5.56 Å². The Kier molecular flexibility index (Phi) is 8.20. The molecular weight excluding hydrogens is 352 g/mol. The van der Waals surface area contributed by atoms with E-state index in [4.69, 9.17) is 16.2 Å². The van der Waals surface area contributed by atoms with Gasteiger partial charge < -0.3 is 26.3 Å². The molecule has 1 heterocycles. The molecule has 0 spiro atoms. The van der Waals surface area contributed by atoms with Crippen molar-refractivity contribution in [2.24, 2.45) is 11.5 Å². The topological polar surface area (TPSA) is 111 Å². The van der Waals surface area contributed by atoms with E-state index in [1.54, 1.807) is 17.1 Å². The first-order chi connectivity index (χ1) is 12.6. The van der Waals surface area contributed by atoms with Crippen molar-refractivity contribution in [3.05, 3.63) is 58.9 Å². The zero-order valence-electron chi connectivity index (χ0n) is 14.5. The standard InChI is InChI=1S/C18H24N4O3S/c19-16(6-7-17(20)26-13-14-4-2-1-3-5-14)21-18(24)15-12-25-11-9-22(15)8-10-23/h1-7,10,15H,8-9,11-13,19-20H2,(H,21,24)/b16-6+,17-7+. The van der Waals surface area contributed by atoms with Crippen molar-refractivity contribution in [2.45, 2.75) is 11.8 Å². The number of morpholine rings is 1. The van der Waals surface area contributed by atoms with E-state index in [0.717, 1.165) is 12.0 Å². The molecule has 1 fully saturated rings. The van der Waals surface area contributed by atoms with Crippen molar-refractivity contribution >= 4 is 24.0 Å². The van der Waals surface area contributed by atoms with Crippen LogP contribution in [0, 0.1) is 0 Å². The van der Waals surface area contributed by atoms with Gasteiger partial charge in [0.05, 0.1) is 24.8 Å². The molecule has 1 amide bonds. The maximum atomic E-state index is 12.3. The van der Waals surface area contributed by atoms with E-state index in [9.17, 15) is 9.59 Å². The summed E-state index contributed by atoms with van der Waals surface area (Å²) in [6.07, 6.45) is 3.99. The average Bonchev–Trinajstić information content (AvgIpc) is 2.66. The molecule has 0 bridgehead atoms. The Morgan fingerprint density at radius 1 is 1.31 bits per heavy atom. The highest BCUT2D eigenvalue weighted by molar-refractivity contribution is 8.02. The summed E-state index contributed by atoms with van der Waals surface area (Å²) < 4.78 is 5.32. The van der Waals surface area contributed by atoms with Gasteiger partial charge in [-0.2, -0.15) is 0 Å². The van der Waals surface area contributed by atoms with Gasteiger partial charge in [0, 0.05) is 12.3 Å². The molecule has 5 N–H and O–H groups in total. The van der Waals surface area contributed by atoms with Crippen LogP contribution < -0.4 is 16.8 Å². The number of hydrogen-bond acceptors (Lipinski definition) is 7. The molecule has 1 aliphatic heterocycles. The monoisotopic (exact) mass is 376 g/mol. The molecule has 8 heteroatoms. The van der Waals surface area contributed by atoms with Crippen LogP contribution in [0.5, 0.6) is 0 Å². The number of amides is 1. The molecule has 26 heavy (non-hydrogen) atoms. The second-order valence-electron chi connectivity index (χ2n) is 5.71. The first-order valence-corrected chi connectivity index (χ1v) is 9.24. The van der Waals surface area contributed by atoms with Crippen molar-refractivity contribution < 1.29 is 14.3 Å². The van der Waals surface area contributed by atoms with Crippen LogP contribution in [-0.2, 0) is 20.1 Å². The summed E-state index contributed by atoms with van der Waals surface area (Å²) in [5.41, 5.74) is 13.0. The molecule has 1 aromatic rings. The number of carbonyl (C=O) groups excluding carboxylic acids is 2. The molecule has 2 rings (SSSR count). The number of carbonyl (C=O) groups is 2. The molecule has 1 atom stereocenters. The zero-order valence-corrected chi connectivity index (χ0v) is 15.3. The molecule has 0 aromatic heterocycles. The van der Waals surface area contributed by atoms with E-state index in [1.807, 2.05) is 30.3 Å². The fraction of sp³-hybridized carbons (Fsp3) is 0.333. The SMILES string of the molecule is N/C(=C\C=C(/N)SCc1ccccc1)NC(=O)C1COCCN1CC=O. The van der Waals surface area contributed by atoms with Gasteiger partial charge in [-0.05, 0) is 17.7 Å². The van der Waals surface area contributed by atoms with E-state index < -0.39 is 6.04 Å². The van der Waals surface area contributed by atoms with Crippen molar-refractivity contribution in [2.75, 3.05) is 26.3 Å². The summed E-state index contributed by atoms with van der Waals surface area (Å²) >= 11 is 1.48. The molecular formula is C18H24N4O3S. The van der Waals surface area contributed by atoms with Crippen molar-refractivity contribution in [3.8, 4) is 0 Å². The van der Waals surface area contributed by atoms with Gasteiger partial charge in [-0.3, -0.25) is 9.69 Å². The third-order valence-corrected chi connectivity index (χ3v) is 4.74. The smallest absolute Gasteiger partial charge is 0.245 e. The summed E-state index contributed by atoms with van der Waals surface area (Å²) in [5.74, 6) is 0.641. The Morgan fingerprint density at radius 3 is 2.81 bits per heavy atom. The van der Waals surface area contributed by atoms with Crippen LogP contribution in [0.25, 0.3) is 0 Å². The predicted molar refractivity (Wildman–Crippen MR) is 103 cm³/mol. The maximum absolute atomic E-state index is 12.3. The summed E-state index contributed by atoms with van der Waals surface area (Å²) in [6, 6.07) is 9.45. The predicted octanol–water partition coefficient (Wildman–Crippen LogP) is 0.536. The summed E-state index contributed by atoms with van der Waals surface area (Å²) in [5, 5.41) is 3.21. The average molecular weight is 376 g/mol. The molecule has 1 unspecified atom stereocenters. The molecule has 1 aromatic carbocycles. The van der Waals surface area contributed by atoms with Crippen LogP contribution in [0.2, 0.25) is 0 Å². The molecule has 140 valence electrons. The highest BCUT2D eigenvalue weighted by Gasteiger charge is 2.29. The van der Waals surface area contributed by atoms with E-state index in [1.165, 1.54) is 17.3 Å². The van der Waals surface area contributed by atoms with E-state index in [-0.39, 0.29) is 24.9 Å². The fourth-order valence-corrected chi connectivity index (χ4v) is 3.11. The normalized spacial score (nSPS) is 19.2. The van der Waals surface area contributed by atoms with Crippen molar-refractivity contribution in [1.82, 2.24) is 10.2 Å². The number of nitrogens with two attached hydrogens (primary N) is 2. The number of benzene rings is 1. The number of aldehydes is 1. The highest BCUT2D eigenvalue weighted by Crippen LogP contribution is 2.17. The minimum atomic E-state index is -0.533. The van der Waals surface area contributed by atoms with Gasteiger partial charge in [0.1, 0.15) is 18.1 Å². The van der Waals surface area contributed by atoms with Gasteiger partial charge in [-0.25, -0.2) is 0 Å². The van der Waals surface area contributed by atoms with Crippen molar-refractivity contribution in [3.63, 3.8) is 0 Å². The third-order valence-electron chi connectivity index (χ3n) is 3.79. The van der Waals surface area contributed by atoms with Crippen LogP contribution >= 0.6 is 11.8 Å². The first-order valence-electron chi connectivity index (χ1n) is 8.26. The second kappa shape index (κ2) is 10.6. The lowest BCUT2D eigenvalue weighted by Crippen LogP contribution is -2.54. The fourth-order valence-electron chi connectivity index (χ4n) is 2.42. The van der Waals surface area contributed by atoms with Crippen LogP contribution in [0.3, 0.4) is 0 Å². The van der Waals surface area contributed by atoms with Crippen LogP contribution in [-0.4, -0.2) is 49.4 Å². The van der Waals surface area contributed by atoms with Gasteiger partial charge in [0.2, 0.25) is 5.91 Å². The Morgan fingerprint density at radius 2 is 2.08 bits per heavy atom. The highest BCUT2D eigenvalue weighted by atomic mass is 32.2. The Labute approximate surface area is 157 Å². The van der Waals surface area contributed by atoms with Gasteiger partial charge in [0.25, 0.3) is 0 Å². The number of rotatable bonds is 8. The minimum Gasteiger partial charge on any atom is -0.394 e. The molecule has 1 aliphatic rings. The molecule has 0 aliphatic carbocycles. The Bertz CT molecular complexity index is 664. The molecule has 0 radical (unpaired) electrons. The molecule has 1 saturated heterocycles. The molecule has 0 saturated carbocycles. The van der Waals surface area contributed by atoms with Gasteiger partial charge >= 0.3 is 0 Å². The number of nitrogens with one attached hydrogen (secondary N) is 1. The van der Waals surface area contributed by atoms with E-state index >= 15 is 0 Å². The quantitative estimate of drug-likeness (QED) is 0.448. The van der Waals surface area contributed by atoms with Crippen molar-refractivity contribution in [1.29, 1.82) is 0 Å². The number of hydrogen-bond donors (Lipinski definition) is 3. The first kappa shape index (κ1) is 20.0. The number of nitrogens with zero attached hydrogens (tertiary/aromatic N) is 1. The second-order valence-corrected chi connectivity index (χ2v) is 6.76. The van der Waals surface area contributed by atoms with E-state index in [0.29, 0.717) is 18.2 Å². The van der Waals surface area contributed by atoms with Gasteiger partial charge in [-0.1, -0.05) is 30.3 Å². The minimum absolute atomic E-state index is 0.189.